The molecule has 0 radical (unpaired) electrons. The van der Waals surface area contributed by atoms with Gasteiger partial charge in [-0.15, -0.1) is 0 Å². The third-order valence-electron chi connectivity index (χ3n) is 1.21. The summed E-state index contributed by atoms with van der Waals surface area (Å²) in [6.07, 6.45) is 3.63. The largest absolute Gasteiger partial charge is 0.677 e. The molecular formula is C7H14NOW-. The average molecular weight is 312 g/mol. The standard InChI is InChI=1S/C7H14NO.W/c1-7(9)5-3-2-4-6-8;/h8H,2-6H2,1H3;/q-1;. The minimum absolute atomic E-state index is 0. The van der Waals surface area contributed by atoms with Gasteiger partial charge >= 0.3 is 0 Å². The normalized spacial score (nSPS) is 8.60. The van der Waals surface area contributed by atoms with Crippen molar-refractivity contribution in [1.82, 2.24) is 0 Å². The molecular weight excluding hydrogens is 298 g/mol. The number of ketones is 1. The first kappa shape index (κ1) is 12.9. The molecule has 0 saturated carbocycles. The van der Waals surface area contributed by atoms with Gasteiger partial charge in [0, 0.05) is 27.5 Å². The van der Waals surface area contributed by atoms with E-state index in [0.29, 0.717) is 13.0 Å². The van der Waals surface area contributed by atoms with Crippen LogP contribution in [0.4, 0.5) is 0 Å². The van der Waals surface area contributed by atoms with Gasteiger partial charge in [0.25, 0.3) is 0 Å². The summed E-state index contributed by atoms with van der Waals surface area (Å²) in [7, 11) is 0. The molecule has 0 bridgehead atoms. The number of rotatable bonds is 5. The molecule has 10 heavy (non-hydrogen) atoms. The monoisotopic (exact) mass is 312 g/mol. The van der Waals surface area contributed by atoms with Crippen molar-refractivity contribution in [2.24, 2.45) is 0 Å². The molecule has 60 valence electrons. The minimum atomic E-state index is 0. The van der Waals surface area contributed by atoms with E-state index >= 15 is 0 Å². The van der Waals surface area contributed by atoms with Crippen LogP contribution < -0.4 is 0 Å². The van der Waals surface area contributed by atoms with E-state index < -0.39 is 0 Å². The molecule has 0 heterocycles. The van der Waals surface area contributed by atoms with Gasteiger partial charge in [0.15, 0.2) is 0 Å². The first-order valence-electron chi connectivity index (χ1n) is 3.41. The summed E-state index contributed by atoms with van der Waals surface area (Å²) in [5.74, 6) is 0.264. The molecule has 0 amide bonds. The second-order valence-corrected chi connectivity index (χ2v) is 2.26. The molecule has 0 aromatic heterocycles. The van der Waals surface area contributed by atoms with Gasteiger partial charge in [-0.05, 0) is 13.3 Å². The summed E-state index contributed by atoms with van der Waals surface area (Å²) >= 11 is 0. The van der Waals surface area contributed by atoms with Crippen molar-refractivity contribution in [3.05, 3.63) is 5.73 Å². The van der Waals surface area contributed by atoms with Crippen LogP contribution in [0.1, 0.15) is 32.6 Å². The first-order chi connectivity index (χ1) is 4.27. The van der Waals surface area contributed by atoms with Crippen molar-refractivity contribution in [2.75, 3.05) is 6.54 Å². The molecule has 0 spiro atoms. The van der Waals surface area contributed by atoms with E-state index in [1.165, 1.54) is 0 Å². The predicted molar refractivity (Wildman–Crippen MR) is 38.3 cm³/mol. The van der Waals surface area contributed by atoms with Gasteiger partial charge in [-0.1, -0.05) is 12.8 Å². The summed E-state index contributed by atoms with van der Waals surface area (Å²) in [6, 6.07) is 0. The summed E-state index contributed by atoms with van der Waals surface area (Å²) in [6.45, 7) is 2.11. The van der Waals surface area contributed by atoms with Crippen LogP contribution in [-0.4, -0.2) is 12.3 Å². The predicted octanol–water partition coefficient (Wildman–Crippen LogP) is 2.19. The van der Waals surface area contributed by atoms with Crippen LogP contribution >= 0.6 is 0 Å². The van der Waals surface area contributed by atoms with Gasteiger partial charge in [0.05, 0.1) is 0 Å². The maximum atomic E-state index is 10.4. The number of unbranched alkanes of at least 4 members (excludes halogenated alkanes) is 2. The molecule has 0 atom stereocenters. The van der Waals surface area contributed by atoms with Crippen molar-refractivity contribution < 1.29 is 25.9 Å². The van der Waals surface area contributed by atoms with Gasteiger partial charge in [-0.2, -0.15) is 6.54 Å². The quantitative estimate of drug-likeness (QED) is 0.717. The Kier molecular flexibility index (Phi) is 12.1. The van der Waals surface area contributed by atoms with Gasteiger partial charge < -0.3 is 10.5 Å². The molecule has 3 heteroatoms. The van der Waals surface area contributed by atoms with Gasteiger partial charge in [-0.3, -0.25) is 0 Å². The Morgan fingerprint density at radius 1 is 1.30 bits per heavy atom. The fourth-order valence-electron chi connectivity index (χ4n) is 0.676. The van der Waals surface area contributed by atoms with Gasteiger partial charge in [0.1, 0.15) is 5.78 Å². The topological polar surface area (TPSA) is 40.9 Å². The first-order valence-corrected chi connectivity index (χ1v) is 3.41. The van der Waals surface area contributed by atoms with Crippen LogP contribution in [-0.2, 0) is 25.9 Å². The third kappa shape index (κ3) is 11.2. The Bertz CT molecular complexity index is 85.7. The van der Waals surface area contributed by atoms with Crippen molar-refractivity contribution in [3.63, 3.8) is 0 Å². The van der Waals surface area contributed by atoms with Crippen molar-refractivity contribution in [3.8, 4) is 0 Å². The van der Waals surface area contributed by atoms with E-state index in [0.717, 1.165) is 19.3 Å². The molecule has 2 nitrogen and oxygen atoms in total. The Morgan fingerprint density at radius 3 is 2.30 bits per heavy atom. The maximum Gasteiger partial charge on any atom is 0.129 e. The fraction of sp³-hybridized carbons (Fsp3) is 0.857. The van der Waals surface area contributed by atoms with Crippen molar-refractivity contribution in [2.45, 2.75) is 32.6 Å². The number of carbonyl (C=O) groups is 1. The Hall–Kier alpha value is 0.318. The van der Waals surface area contributed by atoms with Gasteiger partial charge in [-0.25, -0.2) is 0 Å². The number of hydrogen-bond donors (Lipinski definition) is 0. The molecule has 0 fully saturated rings. The number of carbonyl (C=O) groups excluding carboxylic acids is 1. The molecule has 0 aromatic carbocycles. The van der Waals surface area contributed by atoms with Crippen LogP contribution in [0.5, 0.6) is 0 Å². The van der Waals surface area contributed by atoms with E-state index in [9.17, 15) is 4.79 Å². The zero-order chi connectivity index (χ0) is 7.11. The molecule has 0 unspecified atom stereocenters. The summed E-state index contributed by atoms with van der Waals surface area (Å²) < 4.78 is 0. The van der Waals surface area contributed by atoms with E-state index in [1.54, 1.807) is 6.92 Å². The average Bonchev–Trinajstić information content (AvgIpc) is 1.80. The third-order valence-corrected chi connectivity index (χ3v) is 1.21. The Labute approximate surface area is 76.8 Å². The second-order valence-electron chi connectivity index (χ2n) is 2.26. The zero-order valence-corrected chi connectivity index (χ0v) is 9.29. The van der Waals surface area contributed by atoms with Crippen molar-refractivity contribution >= 4 is 5.78 Å². The minimum Gasteiger partial charge on any atom is -0.677 e. The molecule has 1 N–H and O–H groups in total. The molecule has 0 saturated heterocycles. The van der Waals surface area contributed by atoms with E-state index in [-0.39, 0.29) is 26.8 Å². The molecule has 0 aliphatic carbocycles. The van der Waals surface area contributed by atoms with Gasteiger partial charge in [0.2, 0.25) is 0 Å². The Morgan fingerprint density at radius 2 is 1.90 bits per heavy atom. The van der Waals surface area contributed by atoms with E-state index in [1.807, 2.05) is 0 Å². The van der Waals surface area contributed by atoms with Crippen LogP contribution in [0.2, 0.25) is 0 Å². The van der Waals surface area contributed by atoms with E-state index in [2.05, 4.69) is 0 Å². The molecule has 0 rings (SSSR count). The smallest absolute Gasteiger partial charge is 0.129 e. The number of Topliss-reactive ketones (excluding diaryl/α,β-unsaturated/α-hetero) is 1. The SMILES string of the molecule is CC(=O)CCCCC[NH-].[W]. The van der Waals surface area contributed by atoms with E-state index in [4.69, 9.17) is 5.73 Å². The molecule has 0 aromatic rings. The van der Waals surface area contributed by atoms with Crippen LogP contribution in [0, 0.1) is 0 Å². The van der Waals surface area contributed by atoms with Crippen LogP contribution in [0.25, 0.3) is 5.73 Å². The molecule has 0 aliphatic heterocycles. The van der Waals surface area contributed by atoms with Crippen LogP contribution in [0.15, 0.2) is 0 Å². The number of nitrogens with one attached hydrogen (secondary N) is 1. The van der Waals surface area contributed by atoms with Crippen LogP contribution in [0.3, 0.4) is 0 Å². The maximum absolute atomic E-state index is 10.4. The summed E-state index contributed by atoms with van der Waals surface area (Å²) in [5.41, 5.74) is 6.80. The summed E-state index contributed by atoms with van der Waals surface area (Å²) in [4.78, 5) is 10.4. The summed E-state index contributed by atoms with van der Waals surface area (Å²) in [5, 5.41) is 0. The molecule has 0 aliphatic rings. The fourth-order valence-corrected chi connectivity index (χ4v) is 0.676. The number of hydrogen-bond acceptors (Lipinski definition) is 1. The second kappa shape index (κ2) is 9.32. The van der Waals surface area contributed by atoms with Crippen molar-refractivity contribution in [1.29, 1.82) is 0 Å². The Balaban J connectivity index is 0. The zero-order valence-electron chi connectivity index (χ0n) is 6.35.